The predicted molar refractivity (Wildman–Crippen MR) is 60.5 cm³/mol. The molecule has 0 bridgehead atoms. The second-order valence-corrected chi connectivity index (χ2v) is 6.08. The van der Waals surface area contributed by atoms with Gasteiger partial charge >= 0.3 is 0 Å². The predicted octanol–water partition coefficient (Wildman–Crippen LogP) is 1.19. The van der Waals surface area contributed by atoms with Crippen LogP contribution < -0.4 is 4.72 Å². The molecule has 0 aromatic carbocycles. The van der Waals surface area contributed by atoms with Gasteiger partial charge in [0.25, 0.3) is 0 Å². The van der Waals surface area contributed by atoms with E-state index in [-0.39, 0.29) is 4.90 Å². The van der Waals surface area contributed by atoms with Crippen LogP contribution in [0.15, 0.2) is 11.1 Å². The summed E-state index contributed by atoms with van der Waals surface area (Å²) in [5.74, 6) is 0.847. The van der Waals surface area contributed by atoms with Crippen molar-refractivity contribution >= 4 is 10.0 Å². The van der Waals surface area contributed by atoms with E-state index in [1.54, 1.807) is 6.92 Å². The average molecular weight is 243 g/mol. The second-order valence-electron chi connectivity index (χ2n) is 4.34. The summed E-state index contributed by atoms with van der Waals surface area (Å²) >= 11 is 0. The lowest BCUT2D eigenvalue weighted by Crippen LogP contribution is -2.25. The number of hydrogen-bond donors (Lipinski definition) is 2. The first-order valence-electron chi connectivity index (χ1n) is 5.59. The Bertz CT molecular complexity index is 448. The molecule has 5 nitrogen and oxygen atoms in total. The van der Waals surface area contributed by atoms with Crippen LogP contribution in [-0.2, 0) is 10.0 Å². The van der Waals surface area contributed by atoms with E-state index in [1.165, 1.54) is 19.0 Å². The van der Waals surface area contributed by atoms with Gasteiger partial charge < -0.3 is 0 Å². The number of aromatic nitrogens is 2. The second kappa shape index (κ2) is 4.55. The topological polar surface area (TPSA) is 74.8 Å². The highest BCUT2D eigenvalue weighted by atomic mass is 32.2. The van der Waals surface area contributed by atoms with Gasteiger partial charge in [0, 0.05) is 6.54 Å². The summed E-state index contributed by atoms with van der Waals surface area (Å²) in [5, 5.41) is 6.33. The molecule has 2 N–H and O–H groups in total. The van der Waals surface area contributed by atoms with Gasteiger partial charge in [-0.1, -0.05) is 12.8 Å². The zero-order chi connectivity index (χ0) is 11.6. The van der Waals surface area contributed by atoms with Gasteiger partial charge in [-0.3, -0.25) is 5.10 Å². The molecule has 1 saturated carbocycles. The first-order chi connectivity index (χ1) is 7.59. The number of aromatic amines is 1. The molecule has 16 heavy (non-hydrogen) atoms. The van der Waals surface area contributed by atoms with Gasteiger partial charge in [0.15, 0.2) is 0 Å². The fourth-order valence-electron chi connectivity index (χ4n) is 1.69. The van der Waals surface area contributed by atoms with Crippen LogP contribution in [-0.4, -0.2) is 25.2 Å². The van der Waals surface area contributed by atoms with Crippen molar-refractivity contribution < 1.29 is 8.42 Å². The van der Waals surface area contributed by atoms with Crippen molar-refractivity contribution in [3.05, 3.63) is 11.9 Å². The molecule has 1 aliphatic rings. The van der Waals surface area contributed by atoms with E-state index >= 15 is 0 Å². The van der Waals surface area contributed by atoms with Crippen molar-refractivity contribution in [1.29, 1.82) is 0 Å². The molecule has 0 atom stereocenters. The molecule has 0 amide bonds. The SMILES string of the molecule is Cc1[nH]ncc1S(=O)(=O)NCCCC1CC1. The van der Waals surface area contributed by atoms with E-state index in [4.69, 9.17) is 0 Å². The zero-order valence-corrected chi connectivity index (χ0v) is 10.2. The summed E-state index contributed by atoms with van der Waals surface area (Å²) in [6, 6.07) is 0. The van der Waals surface area contributed by atoms with Crippen LogP contribution in [0.3, 0.4) is 0 Å². The van der Waals surface area contributed by atoms with Crippen LogP contribution >= 0.6 is 0 Å². The van der Waals surface area contributed by atoms with E-state index < -0.39 is 10.0 Å². The van der Waals surface area contributed by atoms with Gasteiger partial charge in [-0.2, -0.15) is 5.10 Å². The summed E-state index contributed by atoms with van der Waals surface area (Å²) in [4.78, 5) is 0.249. The van der Waals surface area contributed by atoms with Gasteiger partial charge in [0.05, 0.1) is 11.9 Å². The van der Waals surface area contributed by atoms with E-state index in [1.807, 2.05) is 0 Å². The minimum atomic E-state index is -3.37. The van der Waals surface area contributed by atoms with Crippen LogP contribution in [0.5, 0.6) is 0 Å². The molecule has 0 aliphatic heterocycles. The molecule has 0 saturated heterocycles. The summed E-state index contributed by atoms with van der Waals surface area (Å²) < 4.78 is 26.2. The molecular weight excluding hydrogens is 226 g/mol. The summed E-state index contributed by atoms with van der Waals surface area (Å²) in [5.41, 5.74) is 0.578. The largest absolute Gasteiger partial charge is 0.281 e. The Morgan fingerprint density at radius 2 is 2.31 bits per heavy atom. The van der Waals surface area contributed by atoms with Crippen molar-refractivity contribution in [2.24, 2.45) is 5.92 Å². The average Bonchev–Trinajstić information content (AvgIpc) is 2.94. The smallest absolute Gasteiger partial charge is 0.243 e. The Kier molecular flexibility index (Phi) is 3.30. The Labute approximate surface area is 95.7 Å². The molecule has 0 spiro atoms. The minimum Gasteiger partial charge on any atom is -0.281 e. The Morgan fingerprint density at radius 3 is 2.88 bits per heavy atom. The quantitative estimate of drug-likeness (QED) is 0.737. The standard InChI is InChI=1S/C10H17N3O2S/c1-8-10(7-11-13-8)16(14,15)12-6-2-3-9-4-5-9/h7,9,12H,2-6H2,1H3,(H,11,13). The highest BCUT2D eigenvalue weighted by Crippen LogP contribution is 2.33. The molecule has 1 aliphatic carbocycles. The maximum Gasteiger partial charge on any atom is 0.243 e. The van der Waals surface area contributed by atoms with Gasteiger partial charge in [0.1, 0.15) is 4.90 Å². The van der Waals surface area contributed by atoms with Crippen molar-refractivity contribution in [3.63, 3.8) is 0 Å². The highest BCUT2D eigenvalue weighted by Gasteiger charge is 2.21. The van der Waals surface area contributed by atoms with E-state index in [9.17, 15) is 8.42 Å². The summed E-state index contributed by atoms with van der Waals surface area (Å²) in [6.07, 6.45) is 6.02. The third-order valence-corrected chi connectivity index (χ3v) is 4.43. The molecule has 1 fully saturated rings. The van der Waals surface area contributed by atoms with Crippen molar-refractivity contribution in [3.8, 4) is 0 Å². The zero-order valence-electron chi connectivity index (χ0n) is 9.36. The number of sulfonamides is 1. The fraction of sp³-hybridized carbons (Fsp3) is 0.700. The van der Waals surface area contributed by atoms with Crippen molar-refractivity contribution in [1.82, 2.24) is 14.9 Å². The molecule has 1 heterocycles. The Hall–Kier alpha value is -0.880. The fourth-order valence-corrected chi connectivity index (χ4v) is 2.90. The maximum absolute atomic E-state index is 11.8. The normalized spacial score (nSPS) is 16.6. The number of rotatable bonds is 6. The molecule has 2 rings (SSSR count). The van der Waals surface area contributed by atoms with Gasteiger partial charge in [-0.15, -0.1) is 0 Å². The minimum absolute atomic E-state index is 0.249. The number of nitrogens with one attached hydrogen (secondary N) is 2. The summed E-state index contributed by atoms with van der Waals surface area (Å²) in [6.45, 7) is 2.22. The van der Waals surface area contributed by atoms with E-state index in [0.29, 0.717) is 12.2 Å². The van der Waals surface area contributed by atoms with Crippen LogP contribution in [0.1, 0.15) is 31.4 Å². The number of aryl methyl sites for hydroxylation is 1. The molecule has 1 aromatic rings. The summed E-state index contributed by atoms with van der Waals surface area (Å²) in [7, 11) is -3.37. The molecule has 1 aromatic heterocycles. The molecule has 90 valence electrons. The first-order valence-corrected chi connectivity index (χ1v) is 7.07. The molecule has 0 radical (unpaired) electrons. The van der Waals surface area contributed by atoms with E-state index in [2.05, 4.69) is 14.9 Å². The van der Waals surface area contributed by atoms with Crippen LogP contribution in [0.25, 0.3) is 0 Å². The lowest BCUT2D eigenvalue weighted by Gasteiger charge is -2.04. The monoisotopic (exact) mass is 243 g/mol. The van der Waals surface area contributed by atoms with Crippen LogP contribution in [0, 0.1) is 12.8 Å². The third-order valence-electron chi connectivity index (χ3n) is 2.85. The number of hydrogen-bond acceptors (Lipinski definition) is 3. The van der Waals surface area contributed by atoms with E-state index in [0.717, 1.165) is 18.8 Å². The lowest BCUT2D eigenvalue weighted by atomic mass is 10.2. The molecular formula is C10H17N3O2S. The van der Waals surface area contributed by atoms with Gasteiger partial charge in [-0.25, -0.2) is 13.1 Å². The number of H-pyrrole nitrogens is 1. The van der Waals surface area contributed by atoms with Crippen molar-refractivity contribution in [2.75, 3.05) is 6.54 Å². The highest BCUT2D eigenvalue weighted by molar-refractivity contribution is 7.89. The molecule has 6 heteroatoms. The number of nitrogens with zero attached hydrogens (tertiary/aromatic N) is 1. The Balaban J connectivity index is 1.85. The maximum atomic E-state index is 11.8. The molecule has 0 unspecified atom stereocenters. The van der Waals surface area contributed by atoms with Crippen LogP contribution in [0.4, 0.5) is 0 Å². The first kappa shape index (κ1) is 11.6. The van der Waals surface area contributed by atoms with Crippen molar-refractivity contribution in [2.45, 2.75) is 37.5 Å². The lowest BCUT2D eigenvalue weighted by molar-refractivity contribution is 0.572. The van der Waals surface area contributed by atoms with Crippen LogP contribution in [0.2, 0.25) is 0 Å². The van der Waals surface area contributed by atoms with Gasteiger partial charge in [0.2, 0.25) is 10.0 Å². The van der Waals surface area contributed by atoms with Gasteiger partial charge in [-0.05, 0) is 25.7 Å². The third kappa shape index (κ3) is 2.82. The Morgan fingerprint density at radius 1 is 1.56 bits per heavy atom.